The molecule has 1 aliphatic carbocycles. The van der Waals surface area contributed by atoms with Crippen molar-refractivity contribution in [2.75, 3.05) is 0 Å². The maximum atomic E-state index is 12.3. The molecule has 230 valence electrons. The van der Waals surface area contributed by atoms with Gasteiger partial charge in [-0.15, -0.1) is 33.5 Å². The van der Waals surface area contributed by atoms with Crippen LogP contribution in [0.3, 0.4) is 0 Å². The topological polar surface area (TPSA) is 162 Å². The Morgan fingerprint density at radius 3 is 2.11 bits per heavy atom. The van der Waals surface area contributed by atoms with E-state index >= 15 is 0 Å². The van der Waals surface area contributed by atoms with Crippen LogP contribution in [-0.4, -0.2) is 27.6 Å². The first-order chi connectivity index (χ1) is 20.0. The molecule has 2 fully saturated rings. The van der Waals surface area contributed by atoms with Crippen molar-refractivity contribution in [3.05, 3.63) is 90.1 Å². The molecule has 5 heterocycles. The Hall–Kier alpha value is -3.98. The van der Waals surface area contributed by atoms with Crippen molar-refractivity contribution in [3.63, 3.8) is 0 Å². The number of nitrogens with zero attached hydrogens (tertiary/aromatic N) is 4. The van der Waals surface area contributed by atoms with Crippen LogP contribution in [-0.2, 0) is 39.5 Å². The summed E-state index contributed by atoms with van der Waals surface area (Å²) in [5, 5.41) is 26.1. The van der Waals surface area contributed by atoms with Crippen molar-refractivity contribution >= 4 is 42.3 Å². The molecule has 3 atom stereocenters. The van der Waals surface area contributed by atoms with E-state index in [2.05, 4.69) is 20.4 Å². The summed E-state index contributed by atoms with van der Waals surface area (Å²) in [6.07, 6.45) is 11.2. The molecule has 10 heteroatoms. The number of hydrogen-bond donors (Lipinski definition) is 2. The second-order valence-corrected chi connectivity index (χ2v) is 11.7. The van der Waals surface area contributed by atoms with E-state index in [4.69, 9.17) is 20.3 Å². The van der Waals surface area contributed by atoms with Crippen LogP contribution in [0.1, 0.15) is 82.8 Å². The van der Waals surface area contributed by atoms with Gasteiger partial charge in [0, 0.05) is 6.42 Å². The van der Waals surface area contributed by atoms with Gasteiger partial charge in [0.2, 0.25) is 0 Å². The SMILES string of the molecule is C=Cc1c(C)/c2[n-]/c1=C\c1[n-]c(c(CC)c1C)/C=C1\[N-]/C(=C\c3[n-]c(c(C)c3CCC(=O)O)\C=2)C2(CC2C(=O)O)C1C.O.[Fe+4]. The van der Waals surface area contributed by atoms with Gasteiger partial charge < -0.3 is 36.0 Å². The van der Waals surface area contributed by atoms with Gasteiger partial charge in [0.05, 0.1) is 5.92 Å². The predicted octanol–water partition coefficient (Wildman–Crippen LogP) is 3.35. The first kappa shape index (κ1) is 32.9. The molecule has 3 unspecified atom stereocenters. The van der Waals surface area contributed by atoms with E-state index in [0.717, 1.165) is 67.6 Å². The second-order valence-electron chi connectivity index (χ2n) is 11.7. The average molecular weight is 637 g/mol. The minimum absolute atomic E-state index is 0. The van der Waals surface area contributed by atoms with E-state index in [0.29, 0.717) is 29.9 Å². The quantitative estimate of drug-likeness (QED) is 0.392. The molecule has 1 saturated heterocycles. The average Bonchev–Trinajstić information content (AvgIpc) is 3.32. The Balaban J connectivity index is 0.00000221. The summed E-state index contributed by atoms with van der Waals surface area (Å²) in [7, 11) is 0. The van der Waals surface area contributed by atoms with E-state index in [-0.39, 0.29) is 34.9 Å². The summed E-state index contributed by atoms with van der Waals surface area (Å²) in [5.74, 6) is -2.40. The molecule has 0 radical (unpaired) electrons. The third kappa shape index (κ3) is 5.01. The van der Waals surface area contributed by atoms with Crippen LogP contribution in [0.15, 0.2) is 18.0 Å². The minimum Gasteiger partial charge on any atom is -0.664 e. The number of fused-ring (bicyclic) bond motifs is 9. The number of hydrogen-bond acceptors (Lipinski definition) is 2. The van der Waals surface area contributed by atoms with Crippen LogP contribution < -0.4 is 25.7 Å². The fourth-order valence-electron chi connectivity index (χ4n) is 6.91. The Labute approximate surface area is 266 Å². The van der Waals surface area contributed by atoms with Crippen LogP contribution in [0.25, 0.3) is 35.7 Å². The number of carboxylic acids is 2. The second kappa shape index (κ2) is 11.8. The Bertz CT molecular complexity index is 1870. The van der Waals surface area contributed by atoms with E-state index in [1.807, 2.05) is 51.2 Å². The molecule has 6 rings (SSSR count). The van der Waals surface area contributed by atoms with Crippen molar-refractivity contribution in [2.45, 2.75) is 60.3 Å². The van der Waals surface area contributed by atoms with Crippen molar-refractivity contribution in [1.29, 1.82) is 0 Å². The van der Waals surface area contributed by atoms with Crippen LogP contribution in [0.4, 0.5) is 0 Å². The van der Waals surface area contributed by atoms with Crippen LogP contribution >= 0.6 is 0 Å². The number of aromatic nitrogens is 3. The number of carbonyl (C=O) groups is 2. The van der Waals surface area contributed by atoms with Gasteiger partial charge in [-0.2, -0.15) is 11.4 Å². The molecule has 1 saturated carbocycles. The zero-order valence-corrected chi connectivity index (χ0v) is 26.5. The number of rotatable bonds is 6. The van der Waals surface area contributed by atoms with Gasteiger partial charge in [-0.25, -0.2) is 0 Å². The molecule has 8 bridgehead atoms. The molecule has 2 aliphatic heterocycles. The summed E-state index contributed by atoms with van der Waals surface area (Å²) < 4.78 is 0. The zero-order valence-electron chi connectivity index (χ0n) is 25.4. The monoisotopic (exact) mass is 636 g/mol. The molecular formula is C34H36FeN4O5. The van der Waals surface area contributed by atoms with Crippen molar-refractivity contribution < 1.29 is 42.3 Å². The van der Waals surface area contributed by atoms with Crippen LogP contribution in [0.5, 0.6) is 0 Å². The first-order valence-corrected chi connectivity index (χ1v) is 14.4. The normalized spacial score (nSPS) is 25.0. The molecular weight excluding hydrogens is 600 g/mol. The van der Waals surface area contributed by atoms with Crippen LogP contribution in [0, 0.1) is 38.0 Å². The number of allylic oxidation sites excluding steroid dienone is 2. The van der Waals surface area contributed by atoms with E-state index in [9.17, 15) is 19.8 Å². The summed E-state index contributed by atoms with van der Waals surface area (Å²) >= 11 is 0. The fraction of sp³-hybridized carbons (Fsp3) is 0.353. The first-order valence-electron chi connectivity index (χ1n) is 14.4. The molecule has 0 aromatic carbocycles. The Kier molecular flexibility index (Phi) is 8.86. The Morgan fingerprint density at radius 1 is 0.932 bits per heavy atom. The molecule has 3 aliphatic rings. The molecule has 0 amide bonds. The standard InChI is InChI=1S/C34H34N4O4.Fe.H2O/c1-7-20-16(3)24-11-25-18(5)22(9-10-32(39)40)30(37-25)14-31-34(15-23(34)33(41)42)19(6)27(38-31)13-29-21(8-2)17(4)26(36-29)12-28(20)35-24;;/h7,11-14,19,23H,1,8-10,15H2,2-6H3,(H,39,40)(H,41,42);;1H2/q-4;+4;/b24-11-,27-13-,28-12-,31-14-;;. The largest absolute Gasteiger partial charge is 4.00 e. The maximum absolute atomic E-state index is 12.3. The minimum atomic E-state index is -0.889. The van der Waals surface area contributed by atoms with E-state index in [1.54, 1.807) is 0 Å². The van der Waals surface area contributed by atoms with Crippen molar-refractivity contribution in [1.82, 2.24) is 15.0 Å². The smallest absolute Gasteiger partial charge is 0.664 e. The van der Waals surface area contributed by atoms with Gasteiger partial charge >= 0.3 is 29.0 Å². The summed E-state index contributed by atoms with van der Waals surface area (Å²) in [5.41, 5.74) is 9.70. The van der Waals surface area contributed by atoms with Crippen molar-refractivity contribution in [3.8, 4) is 0 Å². The van der Waals surface area contributed by atoms with Gasteiger partial charge in [-0.1, -0.05) is 78.6 Å². The van der Waals surface area contributed by atoms with Crippen molar-refractivity contribution in [2.24, 2.45) is 17.3 Å². The van der Waals surface area contributed by atoms with Gasteiger partial charge in [-0.05, 0) is 56.9 Å². The molecule has 1 spiro atoms. The van der Waals surface area contributed by atoms with Crippen LogP contribution in [0.2, 0.25) is 0 Å². The predicted molar refractivity (Wildman–Crippen MR) is 166 cm³/mol. The van der Waals surface area contributed by atoms with E-state index in [1.165, 1.54) is 0 Å². The third-order valence-corrected chi connectivity index (χ3v) is 9.57. The van der Waals surface area contributed by atoms with Gasteiger partial charge in [0.25, 0.3) is 0 Å². The molecule has 4 N–H and O–H groups in total. The van der Waals surface area contributed by atoms with Gasteiger partial charge in [0.1, 0.15) is 0 Å². The van der Waals surface area contributed by atoms with E-state index < -0.39 is 23.3 Å². The summed E-state index contributed by atoms with van der Waals surface area (Å²) in [6, 6.07) is 0. The third-order valence-electron chi connectivity index (χ3n) is 9.57. The molecule has 9 nitrogen and oxygen atoms in total. The number of carboxylic acid groups (broad SMARTS) is 2. The maximum Gasteiger partial charge on any atom is 4.00 e. The summed E-state index contributed by atoms with van der Waals surface area (Å²) in [6.45, 7) is 14.2. The Morgan fingerprint density at radius 2 is 1.55 bits per heavy atom. The number of aliphatic carboxylic acids is 2. The summed E-state index contributed by atoms with van der Waals surface area (Å²) in [4.78, 5) is 38.7. The zero-order chi connectivity index (χ0) is 30.1. The molecule has 44 heavy (non-hydrogen) atoms. The molecule has 3 aromatic heterocycles. The fourth-order valence-corrected chi connectivity index (χ4v) is 6.91. The van der Waals surface area contributed by atoms with Gasteiger partial charge in [0.15, 0.2) is 0 Å². The molecule has 3 aromatic rings. The van der Waals surface area contributed by atoms with Gasteiger partial charge in [-0.3, -0.25) is 9.59 Å².